The fraction of sp³-hybridized carbons (Fsp3) is 0.0833. The van der Waals surface area contributed by atoms with Crippen molar-refractivity contribution in [1.82, 2.24) is 5.43 Å². The summed E-state index contributed by atoms with van der Waals surface area (Å²) in [6, 6.07) is 23.8. The highest BCUT2D eigenvalue weighted by Crippen LogP contribution is 2.20. The molecule has 4 heteroatoms. The maximum absolute atomic E-state index is 11.9. The van der Waals surface area contributed by atoms with Gasteiger partial charge in [0.1, 0.15) is 5.75 Å². The van der Waals surface area contributed by atoms with Crippen LogP contribution in [0.1, 0.15) is 12.5 Å². The lowest BCUT2D eigenvalue weighted by Crippen LogP contribution is -2.25. The number of allylic oxidation sites excluding steroid dienone is 3. The summed E-state index contributed by atoms with van der Waals surface area (Å²) in [6.45, 7) is 1.73. The van der Waals surface area contributed by atoms with Crippen LogP contribution in [-0.4, -0.2) is 18.2 Å². The minimum absolute atomic E-state index is 0.0905. The molecule has 0 saturated heterocycles. The van der Waals surface area contributed by atoms with E-state index in [-0.39, 0.29) is 12.5 Å². The van der Waals surface area contributed by atoms with Crippen molar-refractivity contribution in [3.8, 4) is 5.75 Å². The Balaban J connectivity index is 1.45. The number of benzene rings is 3. The highest BCUT2D eigenvalue weighted by molar-refractivity contribution is 5.94. The Hall–Kier alpha value is -3.66. The van der Waals surface area contributed by atoms with Gasteiger partial charge in [0.05, 0.1) is 5.71 Å². The van der Waals surface area contributed by atoms with Crippen LogP contribution in [0.4, 0.5) is 0 Å². The topological polar surface area (TPSA) is 50.7 Å². The maximum atomic E-state index is 11.9. The number of carbonyl (C=O) groups is 1. The van der Waals surface area contributed by atoms with Gasteiger partial charge in [0.15, 0.2) is 6.61 Å². The van der Waals surface area contributed by atoms with E-state index >= 15 is 0 Å². The van der Waals surface area contributed by atoms with Gasteiger partial charge in [-0.1, -0.05) is 78.9 Å². The van der Waals surface area contributed by atoms with E-state index in [1.807, 2.05) is 104 Å². The Morgan fingerprint density at radius 3 is 2.54 bits per heavy atom. The molecular formula is C24H22N2O2. The van der Waals surface area contributed by atoms with Gasteiger partial charge in [0.2, 0.25) is 0 Å². The van der Waals surface area contributed by atoms with Crippen LogP contribution >= 0.6 is 0 Å². The molecule has 3 aromatic carbocycles. The van der Waals surface area contributed by atoms with Gasteiger partial charge in [-0.15, -0.1) is 0 Å². The summed E-state index contributed by atoms with van der Waals surface area (Å²) in [4.78, 5) is 11.9. The number of amides is 1. The number of fused-ring (bicyclic) bond motifs is 1. The molecule has 1 N–H and O–H groups in total. The van der Waals surface area contributed by atoms with E-state index < -0.39 is 0 Å². The molecule has 1 amide bonds. The number of nitrogens with one attached hydrogen (secondary N) is 1. The standard InChI is InChI=1S/C24H22N2O2/c1-19(9-5-6-12-20-10-3-2-4-11-20)25-26-24(27)18-28-23-16-15-21-13-7-8-14-22(21)17-23/h2-17H,18H2,1H3,(H,26,27). The molecule has 3 rings (SSSR count). The Labute approximate surface area is 164 Å². The van der Waals surface area contributed by atoms with Crippen LogP contribution < -0.4 is 10.2 Å². The van der Waals surface area contributed by atoms with E-state index in [0.29, 0.717) is 11.5 Å². The second-order valence-electron chi connectivity index (χ2n) is 6.21. The van der Waals surface area contributed by atoms with Crippen molar-refractivity contribution in [2.45, 2.75) is 6.92 Å². The first kappa shape index (κ1) is 19.1. The molecule has 0 fully saturated rings. The van der Waals surface area contributed by atoms with Gasteiger partial charge in [-0.25, -0.2) is 5.43 Å². The van der Waals surface area contributed by atoms with E-state index in [2.05, 4.69) is 10.5 Å². The van der Waals surface area contributed by atoms with E-state index in [0.717, 1.165) is 16.3 Å². The average molecular weight is 370 g/mol. The van der Waals surface area contributed by atoms with Gasteiger partial charge in [-0.3, -0.25) is 4.79 Å². The number of carbonyl (C=O) groups excluding carboxylic acids is 1. The van der Waals surface area contributed by atoms with Crippen LogP contribution in [0.25, 0.3) is 16.8 Å². The van der Waals surface area contributed by atoms with Crippen molar-refractivity contribution in [3.63, 3.8) is 0 Å². The Kier molecular flexibility index (Phi) is 6.74. The van der Waals surface area contributed by atoms with Gasteiger partial charge < -0.3 is 4.74 Å². The highest BCUT2D eigenvalue weighted by Gasteiger charge is 2.02. The zero-order valence-electron chi connectivity index (χ0n) is 15.7. The third-order valence-electron chi connectivity index (χ3n) is 3.98. The monoisotopic (exact) mass is 370 g/mol. The first-order valence-corrected chi connectivity index (χ1v) is 9.05. The summed E-state index contributed by atoms with van der Waals surface area (Å²) >= 11 is 0. The molecule has 0 aliphatic carbocycles. The van der Waals surface area contributed by atoms with Crippen molar-refractivity contribution in [3.05, 3.63) is 96.6 Å². The van der Waals surface area contributed by atoms with Gasteiger partial charge in [0, 0.05) is 0 Å². The summed E-state index contributed by atoms with van der Waals surface area (Å²) in [5.41, 5.74) is 4.31. The third-order valence-corrected chi connectivity index (χ3v) is 3.98. The number of nitrogens with zero attached hydrogens (tertiary/aromatic N) is 1. The van der Waals surface area contributed by atoms with Crippen LogP contribution in [-0.2, 0) is 4.79 Å². The number of rotatable bonds is 7. The van der Waals surface area contributed by atoms with Gasteiger partial charge in [-0.05, 0) is 41.5 Å². The van der Waals surface area contributed by atoms with E-state index in [9.17, 15) is 4.79 Å². The van der Waals surface area contributed by atoms with Crippen molar-refractivity contribution in [1.29, 1.82) is 0 Å². The van der Waals surface area contributed by atoms with Crippen molar-refractivity contribution < 1.29 is 9.53 Å². The highest BCUT2D eigenvalue weighted by atomic mass is 16.5. The molecule has 0 saturated carbocycles. The minimum Gasteiger partial charge on any atom is -0.484 e. The summed E-state index contributed by atoms with van der Waals surface area (Å²) < 4.78 is 5.55. The molecule has 0 unspecified atom stereocenters. The first-order chi connectivity index (χ1) is 13.7. The number of ether oxygens (including phenoxy) is 1. The normalized spacial score (nSPS) is 12.0. The Morgan fingerprint density at radius 2 is 1.71 bits per heavy atom. The van der Waals surface area contributed by atoms with Crippen LogP contribution in [0.15, 0.2) is 96.1 Å². The molecule has 0 heterocycles. The van der Waals surface area contributed by atoms with Crippen molar-refractivity contribution in [2.75, 3.05) is 6.61 Å². The minimum atomic E-state index is -0.305. The number of hydrazone groups is 1. The van der Waals surface area contributed by atoms with Crippen molar-refractivity contribution >= 4 is 28.5 Å². The van der Waals surface area contributed by atoms with Crippen molar-refractivity contribution in [2.24, 2.45) is 5.10 Å². The molecule has 0 atom stereocenters. The molecule has 3 aromatic rings. The Bertz CT molecular complexity index is 1020. The summed E-state index contributed by atoms with van der Waals surface area (Å²) in [6.07, 6.45) is 7.63. The predicted octanol–water partition coefficient (Wildman–Crippen LogP) is 4.98. The molecule has 28 heavy (non-hydrogen) atoms. The predicted molar refractivity (Wildman–Crippen MR) is 115 cm³/mol. The molecule has 4 nitrogen and oxygen atoms in total. The largest absolute Gasteiger partial charge is 0.484 e. The lowest BCUT2D eigenvalue weighted by atomic mass is 10.1. The molecular weight excluding hydrogens is 348 g/mol. The maximum Gasteiger partial charge on any atom is 0.277 e. The molecule has 140 valence electrons. The zero-order valence-corrected chi connectivity index (χ0v) is 15.7. The molecule has 0 radical (unpaired) electrons. The van der Waals surface area contributed by atoms with Crippen LogP contribution in [0, 0.1) is 0 Å². The van der Waals surface area contributed by atoms with Gasteiger partial charge in [0.25, 0.3) is 5.91 Å². The zero-order chi connectivity index (χ0) is 19.6. The van der Waals surface area contributed by atoms with Crippen LogP contribution in [0.3, 0.4) is 0 Å². The molecule has 0 aliphatic rings. The number of hydrogen-bond donors (Lipinski definition) is 1. The lowest BCUT2D eigenvalue weighted by Gasteiger charge is -2.06. The van der Waals surface area contributed by atoms with Crippen LogP contribution in [0.5, 0.6) is 5.75 Å². The third kappa shape index (κ3) is 5.95. The Morgan fingerprint density at radius 1 is 0.964 bits per heavy atom. The van der Waals surface area contributed by atoms with E-state index in [1.54, 1.807) is 0 Å². The average Bonchev–Trinajstić information content (AvgIpc) is 2.74. The fourth-order valence-electron chi connectivity index (χ4n) is 2.55. The summed E-state index contributed by atoms with van der Waals surface area (Å²) in [5.74, 6) is 0.348. The number of hydrogen-bond acceptors (Lipinski definition) is 3. The summed E-state index contributed by atoms with van der Waals surface area (Å²) in [5, 5.41) is 6.25. The summed E-state index contributed by atoms with van der Waals surface area (Å²) in [7, 11) is 0. The second-order valence-corrected chi connectivity index (χ2v) is 6.21. The quantitative estimate of drug-likeness (QED) is 0.362. The molecule has 0 spiro atoms. The second kappa shape index (κ2) is 9.88. The van der Waals surface area contributed by atoms with E-state index in [4.69, 9.17) is 4.74 Å². The van der Waals surface area contributed by atoms with Crippen LogP contribution in [0.2, 0.25) is 0 Å². The van der Waals surface area contributed by atoms with E-state index in [1.165, 1.54) is 0 Å². The molecule has 0 bridgehead atoms. The first-order valence-electron chi connectivity index (χ1n) is 9.05. The smallest absolute Gasteiger partial charge is 0.277 e. The van der Waals surface area contributed by atoms with Gasteiger partial charge in [-0.2, -0.15) is 5.10 Å². The lowest BCUT2D eigenvalue weighted by molar-refractivity contribution is -0.123. The molecule has 0 aliphatic heterocycles. The fourth-order valence-corrected chi connectivity index (χ4v) is 2.55. The SMILES string of the molecule is CC(C=CC=Cc1ccccc1)=NNC(=O)COc1ccc2ccccc2c1. The molecule has 0 aromatic heterocycles. The van der Waals surface area contributed by atoms with Gasteiger partial charge >= 0.3 is 0 Å².